The Bertz CT molecular complexity index is 636. The minimum Gasteiger partial charge on any atom is -0.480 e. The molecule has 0 aromatic heterocycles. The highest BCUT2D eigenvalue weighted by Crippen LogP contribution is 2.07. The standard InChI is InChI=1S/C16H21N3O7/c17-7-13(20)18-12(6-11-4-2-1-3-5-11)16(25)19(8-14(21)22)10-26-9-15(23)24/h1-5,12H,6-10,17H2,(H,18,20)(H,21,22)(H,23,24)/t12-/m0/s1. The lowest BCUT2D eigenvalue weighted by molar-refractivity contribution is -0.154. The minimum absolute atomic E-state index is 0.112. The summed E-state index contributed by atoms with van der Waals surface area (Å²) in [6.45, 7) is -2.28. The maximum absolute atomic E-state index is 12.7. The molecule has 0 fully saturated rings. The first kappa shape index (κ1) is 21.1. The SMILES string of the molecule is NCC(=O)N[C@@H](Cc1ccccc1)C(=O)N(COCC(=O)O)CC(=O)O. The largest absolute Gasteiger partial charge is 0.480 e. The number of hydrogen-bond acceptors (Lipinski definition) is 6. The first-order chi connectivity index (χ1) is 12.3. The van der Waals surface area contributed by atoms with Crippen LogP contribution < -0.4 is 11.1 Å². The van der Waals surface area contributed by atoms with Gasteiger partial charge in [-0.25, -0.2) is 4.79 Å². The van der Waals surface area contributed by atoms with Gasteiger partial charge in [0.05, 0.1) is 6.54 Å². The molecule has 10 heteroatoms. The van der Waals surface area contributed by atoms with Gasteiger partial charge in [-0.3, -0.25) is 14.4 Å². The summed E-state index contributed by atoms with van der Waals surface area (Å²) in [5.74, 6) is -3.87. The quantitative estimate of drug-likeness (QED) is 0.349. The number of nitrogens with zero attached hydrogens (tertiary/aromatic N) is 1. The van der Waals surface area contributed by atoms with E-state index in [1.54, 1.807) is 30.3 Å². The molecule has 1 rings (SSSR count). The van der Waals surface area contributed by atoms with E-state index in [1.165, 1.54) is 0 Å². The fraction of sp³-hybridized carbons (Fsp3) is 0.375. The van der Waals surface area contributed by atoms with E-state index in [0.717, 1.165) is 10.5 Å². The average molecular weight is 367 g/mol. The van der Waals surface area contributed by atoms with E-state index in [0.29, 0.717) is 0 Å². The molecule has 1 aromatic rings. The van der Waals surface area contributed by atoms with E-state index < -0.39 is 49.7 Å². The lowest BCUT2D eigenvalue weighted by Crippen LogP contribution is -2.52. The Labute approximate surface area is 149 Å². The fourth-order valence-electron chi connectivity index (χ4n) is 2.12. The topological polar surface area (TPSA) is 159 Å². The Morgan fingerprint density at radius 3 is 2.31 bits per heavy atom. The van der Waals surface area contributed by atoms with Gasteiger partial charge in [0, 0.05) is 6.42 Å². The Kier molecular flexibility index (Phi) is 8.75. The van der Waals surface area contributed by atoms with E-state index >= 15 is 0 Å². The summed E-state index contributed by atoms with van der Waals surface area (Å²) in [6.07, 6.45) is 0.112. The summed E-state index contributed by atoms with van der Waals surface area (Å²) in [5, 5.41) is 20.0. The number of nitrogens with one attached hydrogen (secondary N) is 1. The molecule has 1 aromatic carbocycles. The molecule has 26 heavy (non-hydrogen) atoms. The van der Waals surface area contributed by atoms with Crippen LogP contribution in [-0.4, -0.2) is 71.3 Å². The second kappa shape index (κ2) is 10.8. The summed E-state index contributed by atoms with van der Waals surface area (Å²) in [5.41, 5.74) is 6.00. The molecule has 10 nitrogen and oxygen atoms in total. The smallest absolute Gasteiger partial charge is 0.329 e. The van der Waals surface area contributed by atoms with E-state index in [4.69, 9.17) is 20.7 Å². The molecule has 0 aliphatic heterocycles. The van der Waals surface area contributed by atoms with Crippen molar-refractivity contribution >= 4 is 23.8 Å². The number of carboxylic acids is 2. The molecule has 0 aliphatic carbocycles. The summed E-state index contributed by atoms with van der Waals surface area (Å²) in [6, 6.07) is 7.73. The zero-order chi connectivity index (χ0) is 19.5. The number of carboxylic acid groups (broad SMARTS) is 2. The van der Waals surface area contributed by atoms with Crippen molar-refractivity contribution in [3.63, 3.8) is 0 Å². The van der Waals surface area contributed by atoms with E-state index in [9.17, 15) is 19.2 Å². The lowest BCUT2D eigenvalue weighted by Gasteiger charge is -2.26. The van der Waals surface area contributed by atoms with Gasteiger partial charge in [-0.15, -0.1) is 0 Å². The van der Waals surface area contributed by atoms with E-state index in [2.05, 4.69) is 5.32 Å². The van der Waals surface area contributed by atoms with Gasteiger partial charge in [-0.1, -0.05) is 30.3 Å². The molecule has 5 N–H and O–H groups in total. The molecule has 0 aliphatic rings. The maximum atomic E-state index is 12.7. The molecule has 0 spiro atoms. The van der Waals surface area contributed by atoms with E-state index in [-0.39, 0.29) is 13.0 Å². The van der Waals surface area contributed by atoms with Crippen LogP contribution in [0, 0.1) is 0 Å². The zero-order valence-electron chi connectivity index (χ0n) is 14.0. The molecule has 0 saturated carbocycles. The van der Waals surface area contributed by atoms with Crippen molar-refractivity contribution in [2.45, 2.75) is 12.5 Å². The molecule has 0 bridgehead atoms. The van der Waals surface area contributed by atoms with Gasteiger partial charge in [0.2, 0.25) is 11.8 Å². The molecule has 2 amide bonds. The molecule has 0 unspecified atom stereocenters. The number of amides is 2. The first-order valence-electron chi connectivity index (χ1n) is 7.67. The van der Waals surface area contributed by atoms with Crippen LogP contribution in [-0.2, 0) is 30.3 Å². The van der Waals surface area contributed by atoms with Crippen LogP contribution in [0.2, 0.25) is 0 Å². The van der Waals surface area contributed by atoms with Crippen LogP contribution in [0.4, 0.5) is 0 Å². The predicted octanol–water partition coefficient (Wildman–Crippen LogP) is -1.36. The average Bonchev–Trinajstić information content (AvgIpc) is 2.59. The minimum atomic E-state index is -1.30. The number of carbonyl (C=O) groups is 4. The van der Waals surface area contributed by atoms with Crippen LogP contribution in [0.15, 0.2) is 30.3 Å². The van der Waals surface area contributed by atoms with Crippen molar-refractivity contribution in [1.29, 1.82) is 0 Å². The van der Waals surface area contributed by atoms with E-state index in [1.807, 2.05) is 0 Å². The third kappa shape index (κ3) is 7.73. The van der Waals surface area contributed by atoms with Gasteiger partial charge in [0.25, 0.3) is 0 Å². The molecular weight excluding hydrogens is 346 g/mol. The summed E-state index contributed by atoms with van der Waals surface area (Å²) < 4.78 is 4.82. The Morgan fingerprint density at radius 1 is 1.12 bits per heavy atom. The van der Waals surface area contributed by atoms with Crippen molar-refractivity contribution in [3.05, 3.63) is 35.9 Å². The second-order valence-corrected chi connectivity index (χ2v) is 5.32. The lowest BCUT2D eigenvalue weighted by atomic mass is 10.0. The zero-order valence-corrected chi connectivity index (χ0v) is 14.0. The predicted molar refractivity (Wildman–Crippen MR) is 88.9 cm³/mol. The van der Waals surface area contributed by atoms with Gasteiger partial charge < -0.3 is 30.9 Å². The normalized spacial score (nSPS) is 11.4. The maximum Gasteiger partial charge on any atom is 0.329 e. The molecular formula is C16H21N3O7. The highest BCUT2D eigenvalue weighted by molar-refractivity contribution is 5.90. The number of hydrogen-bond donors (Lipinski definition) is 4. The fourth-order valence-corrected chi connectivity index (χ4v) is 2.12. The van der Waals surface area contributed by atoms with Crippen LogP contribution >= 0.6 is 0 Å². The number of benzene rings is 1. The number of aliphatic carboxylic acids is 2. The summed E-state index contributed by atoms with van der Waals surface area (Å²) >= 11 is 0. The van der Waals surface area contributed by atoms with Crippen molar-refractivity contribution in [3.8, 4) is 0 Å². The third-order valence-corrected chi connectivity index (χ3v) is 3.21. The molecule has 0 heterocycles. The number of rotatable bonds is 11. The Balaban J connectivity index is 2.93. The van der Waals surface area contributed by atoms with Crippen molar-refractivity contribution in [1.82, 2.24) is 10.2 Å². The van der Waals surface area contributed by atoms with Gasteiger partial charge in [-0.05, 0) is 5.56 Å². The highest BCUT2D eigenvalue weighted by atomic mass is 16.5. The molecule has 0 saturated heterocycles. The van der Waals surface area contributed by atoms with Gasteiger partial charge in [-0.2, -0.15) is 0 Å². The first-order valence-corrected chi connectivity index (χ1v) is 7.67. The van der Waals surface area contributed by atoms with Crippen molar-refractivity contribution < 1.29 is 34.1 Å². The molecule has 1 atom stereocenters. The highest BCUT2D eigenvalue weighted by Gasteiger charge is 2.27. The van der Waals surface area contributed by atoms with Gasteiger partial charge in [0.15, 0.2) is 0 Å². The van der Waals surface area contributed by atoms with Crippen LogP contribution in [0.5, 0.6) is 0 Å². The van der Waals surface area contributed by atoms with Gasteiger partial charge in [0.1, 0.15) is 25.9 Å². The van der Waals surface area contributed by atoms with Crippen molar-refractivity contribution in [2.75, 3.05) is 26.4 Å². The number of carbonyl (C=O) groups excluding carboxylic acids is 2. The Morgan fingerprint density at radius 2 is 1.77 bits per heavy atom. The van der Waals surface area contributed by atoms with Crippen LogP contribution in [0.25, 0.3) is 0 Å². The van der Waals surface area contributed by atoms with Crippen molar-refractivity contribution in [2.24, 2.45) is 5.73 Å². The molecule has 142 valence electrons. The number of nitrogens with two attached hydrogens (primary N) is 1. The van der Waals surface area contributed by atoms with Crippen LogP contribution in [0.1, 0.15) is 5.56 Å². The molecule has 0 radical (unpaired) electrons. The summed E-state index contributed by atoms with van der Waals surface area (Å²) in [7, 11) is 0. The number of ether oxygens (including phenoxy) is 1. The van der Waals surface area contributed by atoms with Gasteiger partial charge >= 0.3 is 11.9 Å². The summed E-state index contributed by atoms with van der Waals surface area (Å²) in [4.78, 5) is 46.7. The monoisotopic (exact) mass is 367 g/mol. The second-order valence-electron chi connectivity index (χ2n) is 5.32. The Hall–Kier alpha value is -2.98. The third-order valence-electron chi connectivity index (χ3n) is 3.21. The van der Waals surface area contributed by atoms with Crippen LogP contribution in [0.3, 0.4) is 0 Å².